The van der Waals surface area contributed by atoms with Gasteiger partial charge < -0.3 is 14.4 Å². The molecule has 1 saturated heterocycles. The molecule has 34 heavy (non-hydrogen) atoms. The zero-order valence-corrected chi connectivity index (χ0v) is 19.3. The number of morpholine rings is 1. The molecule has 3 heterocycles. The Morgan fingerprint density at radius 1 is 1.15 bits per heavy atom. The van der Waals surface area contributed by atoms with E-state index in [-0.39, 0.29) is 17.9 Å². The zero-order chi connectivity index (χ0) is 24.3. The van der Waals surface area contributed by atoms with E-state index >= 15 is 0 Å². The Bertz CT molecular complexity index is 1190. The highest BCUT2D eigenvalue weighted by molar-refractivity contribution is 5.98. The summed E-state index contributed by atoms with van der Waals surface area (Å²) in [6.45, 7) is 5.37. The predicted molar refractivity (Wildman–Crippen MR) is 124 cm³/mol. The van der Waals surface area contributed by atoms with Crippen LogP contribution in [0.1, 0.15) is 34.1 Å². The minimum Gasteiger partial charge on any atom is -0.478 e. The Labute approximate surface area is 196 Å². The zero-order valence-electron chi connectivity index (χ0n) is 19.3. The molecule has 0 amide bonds. The van der Waals surface area contributed by atoms with Gasteiger partial charge in [0.15, 0.2) is 5.78 Å². The minimum atomic E-state index is -3.07. The number of carbonyl (C=O) groups excluding carboxylic acids is 1. The maximum absolute atomic E-state index is 13.6. The first-order chi connectivity index (χ1) is 16.3. The number of carbonyl (C=O) groups is 1. The van der Waals surface area contributed by atoms with Crippen LogP contribution in [0.3, 0.4) is 0 Å². The Morgan fingerprint density at radius 2 is 1.91 bits per heavy atom. The number of halogens is 2. The lowest BCUT2D eigenvalue weighted by atomic mass is 9.97. The molecule has 0 saturated carbocycles. The molecule has 178 valence electrons. The fourth-order valence-corrected chi connectivity index (χ4v) is 3.86. The summed E-state index contributed by atoms with van der Waals surface area (Å²) >= 11 is 0. The average molecular weight is 469 g/mol. The molecule has 7 nitrogen and oxygen atoms in total. The molecule has 1 aromatic carbocycles. The summed E-state index contributed by atoms with van der Waals surface area (Å²) in [6, 6.07) is 10.1. The van der Waals surface area contributed by atoms with Crippen molar-refractivity contribution >= 4 is 11.5 Å². The van der Waals surface area contributed by atoms with Crippen molar-refractivity contribution in [1.82, 2.24) is 15.2 Å². The lowest BCUT2D eigenvalue weighted by molar-refractivity contribution is 0.0126. The van der Waals surface area contributed by atoms with Crippen LogP contribution in [0.25, 0.3) is 11.3 Å². The van der Waals surface area contributed by atoms with E-state index < -0.39 is 5.92 Å². The molecule has 3 aromatic rings. The normalized spacial score (nSPS) is 14.2. The Morgan fingerprint density at radius 3 is 2.62 bits per heavy atom. The van der Waals surface area contributed by atoms with Crippen LogP contribution in [0.2, 0.25) is 0 Å². The number of ether oxygens (including phenoxy) is 2. The van der Waals surface area contributed by atoms with Gasteiger partial charge >= 0.3 is 0 Å². The Balaban J connectivity index is 1.63. The second kappa shape index (κ2) is 9.80. The van der Waals surface area contributed by atoms with Crippen molar-refractivity contribution in [3.63, 3.8) is 0 Å². The number of nitrogens with zero attached hydrogens (tertiary/aromatic N) is 4. The highest BCUT2D eigenvalue weighted by Crippen LogP contribution is 2.32. The van der Waals surface area contributed by atoms with Gasteiger partial charge in [-0.3, -0.25) is 9.78 Å². The SMILES string of the molecule is COc1nnc(-c2cc(C(=O)Cc3ccnc(C(C)(F)F)c3)ccc2C)cc1N1CCOCC1. The van der Waals surface area contributed by atoms with Gasteiger partial charge in [-0.05, 0) is 42.3 Å². The van der Waals surface area contributed by atoms with Crippen LogP contribution in [0.15, 0.2) is 42.6 Å². The number of rotatable bonds is 7. The molecular formula is C25H26F2N4O3. The summed E-state index contributed by atoms with van der Waals surface area (Å²) in [5.74, 6) is -2.83. The third-order valence-corrected chi connectivity index (χ3v) is 5.76. The number of aromatic nitrogens is 3. The van der Waals surface area contributed by atoms with Gasteiger partial charge in [0.25, 0.3) is 11.8 Å². The number of methoxy groups -OCH3 is 1. The van der Waals surface area contributed by atoms with E-state index in [4.69, 9.17) is 9.47 Å². The van der Waals surface area contributed by atoms with Crippen molar-refractivity contribution in [1.29, 1.82) is 0 Å². The van der Waals surface area contributed by atoms with Gasteiger partial charge in [0.1, 0.15) is 11.4 Å². The molecule has 0 radical (unpaired) electrons. The van der Waals surface area contributed by atoms with Crippen molar-refractivity contribution in [2.75, 3.05) is 38.3 Å². The van der Waals surface area contributed by atoms with Crippen LogP contribution >= 0.6 is 0 Å². The smallest absolute Gasteiger partial charge is 0.286 e. The number of hydrogen-bond acceptors (Lipinski definition) is 7. The minimum absolute atomic E-state index is 0.0125. The van der Waals surface area contributed by atoms with E-state index in [0.717, 1.165) is 23.7 Å². The van der Waals surface area contributed by atoms with Crippen molar-refractivity contribution < 1.29 is 23.0 Å². The van der Waals surface area contributed by atoms with Gasteiger partial charge in [-0.25, -0.2) is 0 Å². The molecule has 0 atom stereocenters. The summed E-state index contributed by atoms with van der Waals surface area (Å²) in [4.78, 5) is 18.9. The van der Waals surface area contributed by atoms with Gasteiger partial charge in [0.05, 0.1) is 26.0 Å². The molecular weight excluding hydrogens is 442 g/mol. The second-order valence-corrected chi connectivity index (χ2v) is 8.29. The van der Waals surface area contributed by atoms with Crippen LogP contribution in [0.4, 0.5) is 14.5 Å². The lowest BCUT2D eigenvalue weighted by Crippen LogP contribution is -2.36. The van der Waals surface area contributed by atoms with Crippen molar-refractivity contribution in [3.05, 3.63) is 65.0 Å². The van der Waals surface area contributed by atoms with Gasteiger partial charge in [-0.2, -0.15) is 8.78 Å². The molecule has 9 heteroatoms. The van der Waals surface area contributed by atoms with Gasteiger partial charge in [0.2, 0.25) is 0 Å². The van der Waals surface area contributed by atoms with E-state index in [1.807, 2.05) is 19.1 Å². The van der Waals surface area contributed by atoms with Crippen LogP contribution in [0.5, 0.6) is 5.88 Å². The lowest BCUT2D eigenvalue weighted by Gasteiger charge is -2.29. The molecule has 0 bridgehead atoms. The summed E-state index contributed by atoms with van der Waals surface area (Å²) in [5, 5.41) is 8.57. The number of hydrogen-bond donors (Lipinski definition) is 0. The van der Waals surface area contributed by atoms with Crippen LogP contribution < -0.4 is 9.64 Å². The molecule has 1 fully saturated rings. The summed E-state index contributed by atoms with van der Waals surface area (Å²) in [5.41, 5.74) is 3.73. The third-order valence-electron chi connectivity index (χ3n) is 5.76. The maximum atomic E-state index is 13.6. The van der Waals surface area contributed by atoms with Gasteiger partial charge in [0, 0.05) is 43.8 Å². The molecule has 1 aliphatic rings. The molecule has 0 unspecified atom stereocenters. The Kier molecular flexibility index (Phi) is 6.83. The van der Waals surface area contributed by atoms with Crippen LogP contribution in [0, 0.1) is 6.92 Å². The molecule has 4 rings (SSSR count). The largest absolute Gasteiger partial charge is 0.478 e. The van der Waals surface area contributed by atoms with E-state index in [9.17, 15) is 13.6 Å². The highest BCUT2D eigenvalue weighted by atomic mass is 19.3. The van der Waals surface area contributed by atoms with E-state index in [1.165, 1.54) is 12.3 Å². The van der Waals surface area contributed by atoms with Crippen LogP contribution in [-0.4, -0.2) is 54.4 Å². The average Bonchev–Trinajstić information content (AvgIpc) is 2.84. The van der Waals surface area contributed by atoms with Gasteiger partial charge in [-0.1, -0.05) is 12.1 Å². The first kappa shape index (κ1) is 23.7. The first-order valence-corrected chi connectivity index (χ1v) is 11.0. The number of aryl methyl sites for hydroxylation is 1. The van der Waals surface area contributed by atoms with Gasteiger partial charge in [-0.15, -0.1) is 10.2 Å². The van der Waals surface area contributed by atoms with Crippen molar-refractivity contribution in [3.8, 4) is 17.1 Å². The molecule has 0 N–H and O–H groups in total. The molecule has 2 aromatic heterocycles. The van der Waals surface area contributed by atoms with Crippen molar-refractivity contribution in [2.45, 2.75) is 26.2 Å². The van der Waals surface area contributed by atoms with E-state index in [0.29, 0.717) is 49.0 Å². The predicted octanol–water partition coefficient (Wildman–Crippen LogP) is 4.23. The summed E-state index contributed by atoms with van der Waals surface area (Å²) < 4.78 is 38.1. The fourth-order valence-electron chi connectivity index (χ4n) is 3.86. The van der Waals surface area contributed by atoms with Crippen LogP contribution in [-0.2, 0) is 17.1 Å². The fraction of sp³-hybridized carbons (Fsp3) is 0.360. The number of anilines is 1. The standard InChI is InChI=1S/C25H26F2N4O3/c1-16-4-5-18(22(32)12-17-6-7-28-23(13-17)25(2,26)27)14-19(16)20-15-21(24(33-3)30-29-20)31-8-10-34-11-9-31/h4-7,13-15H,8-12H2,1-3H3. The summed E-state index contributed by atoms with van der Waals surface area (Å²) in [6.07, 6.45) is 1.29. The third kappa shape index (κ3) is 5.20. The molecule has 0 spiro atoms. The van der Waals surface area contributed by atoms with Crippen molar-refractivity contribution in [2.24, 2.45) is 0 Å². The number of alkyl halides is 2. The second-order valence-electron chi connectivity index (χ2n) is 8.29. The first-order valence-electron chi connectivity index (χ1n) is 11.0. The highest BCUT2D eigenvalue weighted by Gasteiger charge is 2.26. The number of pyridine rings is 1. The van der Waals surface area contributed by atoms with E-state index in [1.54, 1.807) is 25.3 Å². The quantitative estimate of drug-likeness (QED) is 0.480. The molecule has 1 aliphatic heterocycles. The monoisotopic (exact) mass is 468 g/mol. The Hall–Kier alpha value is -3.46. The van der Waals surface area contributed by atoms with E-state index in [2.05, 4.69) is 20.1 Å². The topological polar surface area (TPSA) is 77.4 Å². The number of Topliss-reactive ketones (excluding diaryl/α,β-unsaturated/α-hetero) is 1. The number of benzene rings is 1. The number of ketones is 1. The maximum Gasteiger partial charge on any atom is 0.286 e. The summed E-state index contributed by atoms with van der Waals surface area (Å²) in [7, 11) is 1.55. The molecule has 0 aliphatic carbocycles.